The van der Waals surface area contributed by atoms with Gasteiger partial charge in [-0.05, 0) is 26.8 Å². The second kappa shape index (κ2) is 12.2. The van der Waals surface area contributed by atoms with Crippen molar-refractivity contribution in [2.24, 2.45) is 0 Å². The van der Waals surface area contributed by atoms with Crippen LogP contribution in [0.4, 0.5) is 0 Å². The van der Waals surface area contributed by atoms with Crippen LogP contribution in [0.2, 0.25) is 0 Å². The second-order valence-electron chi connectivity index (χ2n) is 5.32. The Hall–Kier alpha value is -0.300. The SMILES string of the molecule is CCCCCCCCCC(C=C(C)C)NCC. The molecule has 17 heavy (non-hydrogen) atoms. The molecule has 0 radical (unpaired) electrons. The van der Waals surface area contributed by atoms with E-state index < -0.39 is 0 Å². The average molecular weight is 239 g/mol. The standard InChI is InChI=1S/C16H33N/c1-5-7-8-9-10-11-12-13-16(17-6-2)14-15(3)4/h14,16-17H,5-13H2,1-4H3. The number of hydrogen-bond donors (Lipinski definition) is 1. The van der Waals surface area contributed by atoms with Crippen LogP contribution in [0.5, 0.6) is 0 Å². The van der Waals surface area contributed by atoms with Gasteiger partial charge in [0.2, 0.25) is 0 Å². The van der Waals surface area contributed by atoms with Crippen LogP contribution in [0.1, 0.15) is 79.1 Å². The zero-order valence-corrected chi connectivity index (χ0v) is 12.5. The predicted molar refractivity (Wildman–Crippen MR) is 79.5 cm³/mol. The van der Waals surface area contributed by atoms with Gasteiger partial charge in [-0.3, -0.25) is 0 Å². The molecule has 0 fully saturated rings. The molecule has 0 amide bonds. The number of hydrogen-bond acceptors (Lipinski definition) is 1. The highest BCUT2D eigenvalue weighted by molar-refractivity contribution is 5.00. The van der Waals surface area contributed by atoms with Crippen LogP contribution < -0.4 is 5.32 Å². The lowest BCUT2D eigenvalue weighted by atomic mass is 10.0. The van der Waals surface area contributed by atoms with Gasteiger partial charge in [0.05, 0.1) is 0 Å². The van der Waals surface area contributed by atoms with E-state index in [4.69, 9.17) is 0 Å². The van der Waals surface area contributed by atoms with Gasteiger partial charge in [-0.25, -0.2) is 0 Å². The summed E-state index contributed by atoms with van der Waals surface area (Å²) in [5, 5.41) is 3.55. The summed E-state index contributed by atoms with van der Waals surface area (Å²) >= 11 is 0. The topological polar surface area (TPSA) is 12.0 Å². The molecule has 0 aliphatic heterocycles. The Balaban J connectivity index is 3.51. The summed E-state index contributed by atoms with van der Waals surface area (Å²) in [4.78, 5) is 0. The summed E-state index contributed by atoms with van der Waals surface area (Å²) < 4.78 is 0. The Labute approximate surface area is 109 Å². The van der Waals surface area contributed by atoms with Crippen LogP contribution in [0.15, 0.2) is 11.6 Å². The molecule has 1 nitrogen and oxygen atoms in total. The highest BCUT2D eigenvalue weighted by Gasteiger charge is 2.02. The Morgan fingerprint density at radius 3 is 2.06 bits per heavy atom. The number of likely N-dealkylation sites (N-methyl/N-ethyl adjacent to an activating group) is 1. The predicted octanol–water partition coefficient (Wildman–Crippen LogP) is 5.07. The summed E-state index contributed by atoms with van der Waals surface area (Å²) in [5.74, 6) is 0. The van der Waals surface area contributed by atoms with Gasteiger partial charge in [0.1, 0.15) is 0 Å². The molecule has 0 aromatic carbocycles. The molecule has 0 bridgehead atoms. The lowest BCUT2D eigenvalue weighted by molar-refractivity contribution is 0.514. The van der Waals surface area contributed by atoms with Crippen molar-refractivity contribution in [3.8, 4) is 0 Å². The number of rotatable bonds is 11. The van der Waals surface area contributed by atoms with E-state index in [0.717, 1.165) is 6.54 Å². The van der Waals surface area contributed by atoms with Crippen LogP contribution >= 0.6 is 0 Å². The van der Waals surface area contributed by atoms with Crippen molar-refractivity contribution in [2.45, 2.75) is 85.1 Å². The summed E-state index contributed by atoms with van der Waals surface area (Å²) in [5.41, 5.74) is 1.43. The molecular formula is C16H33N. The van der Waals surface area contributed by atoms with Gasteiger partial charge < -0.3 is 5.32 Å². The molecule has 0 aliphatic carbocycles. The van der Waals surface area contributed by atoms with Crippen molar-refractivity contribution in [1.29, 1.82) is 0 Å². The summed E-state index contributed by atoms with van der Waals surface area (Å²) in [6.07, 6.45) is 13.5. The Morgan fingerprint density at radius 2 is 1.53 bits per heavy atom. The second-order valence-corrected chi connectivity index (χ2v) is 5.32. The van der Waals surface area contributed by atoms with Crippen molar-refractivity contribution in [1.82, 2.24) is 5.32 Å². The quantitative estimate of drug-likeness (QED) is 0.392. The van der Waals surface area contributed by atoms with E-state index in [1.54, 1.807) is 0 Å². The zero-order valence-electron chi connectivity index (χ0n) is 12.5. The van der Waals surface area contributed by atoms with E-state index in [1.165, 1.54) is 56.9 Å². The van der Waals surface area contributed by atoms with E-state index in [0.29, 0.717) is 6.04 Å². The van der Waals surface area contributed by atoms with Gasteiger partial charge in [-0.15, -0.1) is 0 Å². The number of unbranched alkanes of at least 4 members (excludes halogenated alkanes) is 6. The largest absolute Gasteiger partial charge is 0.311 e. The van der Waals surface area contributed by atoms with Gasteiger partial charge in [-0.1, -0.05) is 70.4 Å². The van der Waals surface area contributed by atoms with Crippen molar-refractivity contribution in [3.05, 3.63) is 11.6 Å². The first kappa shape index (κ1) is 16.7. The highest BCUT2D eigenvalue weighted by atomic mass is 14.9. The first-order valence-corrected chi connectivity index (χ1v) is 7.59. The smallest absolute Gasteiger partial charge is 0.0252 e. The van der Waals surface area contributed by atoms with Crippen LogP contribution in [-0.4, -0.2) is 12.6 Å². The fourth-order valence-corrected chi connectivity index (χ4v) is 2.23. The summed E-state index contributed by atoms with van der Waals surface area (Å²) in [7, 11) is 0. The van der Waals surface area contributed by atoms with Crippen molar-refractivity contribution in [3.63, 3.8) is 0 Å². The molecule has 0 aromatic heterocycles. The van der Waals surface area contributed by atoms with E-state index in [-0.39, 0.29) is 0 Å². The molecular weight excluding hydrogens is 206 g/mol. The number of nitrogens with one attached hydrogen (secondary N) is 1. The molecule has 1 heteroatoms. The molecule has 0 aromatic rings. The lowest BCUT2D eigenvalue weighted by Crippen LogP contribution is -2.26. The maximum absolute atomic E-state index is 3.55. The molecule has 0 aliphatic rings. The average Bonchev–Trinajstić information content (AvgIpc) is 2.27. The van der Waals surface area contributed by atoms with Crippen LogP contribution in [0.25, 0.3) is 0 Å². The van der Waals surface area contributed by atoms with Crippen molar-refractivity contribution in [2.75, 3.05) is 6.54 Å². The Morgan fingerprint density at radius 1 is 0.941 bits per heavy atom. The lowest BCUT2D eigenvalue weighted by Gasteiger charge is -2.14. The molecule has 1 atom stereocenters. The van der Waals surface area contributed by atoms with Crippen LogP contribution in [-0.2, 0) is 0 Å². The Kier molecular flexibility index (Phi) is 12.0. The zero-order chi connectivity index (χ0) is 12.9. The van der Waals surface area contributed by atoms with Gasteiger partial charge in [-0.2, -0.15) is 0 Å². The third kappa shape index (κ3) is 12.0. The fraction of sp³-hybridized carbons (Fsp3) is 0.875. The normalized spacial score (nSPS) is 12.5. The fourth-order valence-electron chi connectivity index (χ4n) is 2.23. The molecule has 1 N–H and O–H groups in total. The molecule has 0 rings (SSSR count). The molecule has 0 saturated carbocycles. The third-order valence-electron chi connectivity index (χ3n) is 3.12. The summed E-state index contributed by atoms with van der Waals surface area (Å²) in [6.45, 7) is 9.92. The minimum absolute atomic E-state index is 0.598. The minimum Gasteiger partial charge on any atom is -0.311 e. The van der Waals surface area contributed by atoms with Gasteiger partial charge in [0.25, 0.3) is 0 Å². The first-order chi connectivity index (χ1) is 8.20. The van der Waals surface area contributed by atoms with E-state index in [1.807, 2.05) is 0 Å². The molecule has 0 heterocycles. The molecule has 0 spiro atoms. The molecule has 0 saturated heterocycles. The van der Waals surface area contributed by atoms with E-state index in [9.17, 15) is 0 Å². The molecule has 102 valence electrons. The van der Waals surface area contributed by atoms with E-state index in [2.05, 4.69) is 39.1 Å². The molecule has 1 unspecified atom stereocenters. The maximum Gasteiger partial charge on any atom is 0.0252 e. The van der Waals surface area contributed by atoms with Crippen molar-refractivity contribution < 1.29 is 0 Å². The summed E-state index contributed by atoms with van der Waals surface area (Å²) in [6, 6.07) is 0.598. The van der Waals surface area contributed by atoms with Crippen LogP contribution in [0.3, 0.4) is 0 Å². The maximum atomic E-state index is 3.55. The monoisotopic (exact) mass is 239 g/mol. The first-order valence-electron chi connectivity index (χ1n) is 7.59. The van der Waals surface area contributed by atoms with Gasteiger partial charge in [0.15, 0.2) is 0 Å². The van der Waals surface area contributed by atoms with Gasteiger partial charge in [0, 0.05) is 6.04 Å². The van der Waals surface area contributed by atoms with Crippen molar-refractivity contribution >= 4 is 0 Å². The van der Waals surface area contributed by atoms with E-state index >= 15 is 0 Å². The Bertz CT molecular complexity index is 180. The third-order valence-corrected chi connectivity index (χ3v) is 3.12. The minimum atomic E-state index is 0.598. The number of allylic oxidation sites excluding steroid dienone is 1. The highest BCUT2D eigenvalue weighted by Crippen LogP contribution is 2.11. The van der Waals surface area contributed by atoms with Crippen LogP contribution in [0, 0.1) is 0 Å². The van der Waals surface area contributed by atoms with Gasteiger partial charge >= 0.3 is 0 Å².